The van der Waals surface area contributed by atoms with Crippen LogP contribution in [0.5, 0.6) is 23.0 Å². The Bertz CT molecular complexity index is 2290. The molecule has 2 aliphatic rings. The maximum atomic E-state index is 12.5. The topological polar surface area (TPSA) is 113 Å². The van der Waals surface area contributed by atoms with Gasteiger partial charge in [-0.3, -0.25) is 0 Å². The average Bonchev–Trinajstić information content (AvgIpc) is 3.40. The van der Waals surface area contributed by atoms with Crippen molar-refractivity contribution in [3.05, 3.63) is 137 Å². The van der Waals surface area contributed by atoms with Gasteiger partial charge in [0.1, 0.15) is 11.5 Å². The van der Waals surface area contributed by atoms with Crippen molar-refractivity contribution >= 4 is 28.9 Å². The zero-order valence-corrected chi connectivity index (χ0v) is 30.4. The van der Waals surface area contributed by atoms with E-state index < -0.39 is 23.1 Å². The Hall–Kier alpha value is -6.06. The Labute approximate surface area is 308 Å². The molecule has 0 radical (unpaired) electrons. The number of methoxy groups -OCH3 is 2. The highest BCUT2D eigenvalue weighted by atomic mass is 16.6. The zero-order valence-electron chi connectivity index (χ0n) is 30.4. The molecule has 7 rings (SSSR count). The van der Waals surface area contributed by atoms with Crippen LogP contribution in [0.4, 0.5) is 4.79 Å². The Morgan fingerprint density at radius 1 is 0.887 bits per heavy atom. The normalized spacial score (nSPS) is 16.2. The lowest BCUT2D eigenvalue weighted by molar-refractivity contribution is 0.0696. The second-order valence-corrected chi connectivity index (χ2v) is 13.8. The molecule has 0 aromatic heterocycles. The van der Waals surface area contributed by atoms with Crippen molar-refractivity contribution in [2.75, 3.05) is 34.0 Å². The summed E-state index contributed by atoms with van der Waals surface area (Å²) in [5.74, 6) is 1.16. The van der Waals surface area contributed by atoms with Crippen molar-refractivity contribution in [2.24, 2.45) is 0 Å². The fourth-order valence-corrected chi connectivity index (χ4v) is 7.49. The highest BCUT2D eigenvalue weighted by molar-refractivity contribution is 6.10. The number of hydrogen-bond donors (Lipinski definition) is 2. The number of carbonyl (C=O) groups is 2. The largest absolute Gasteiger partial charge is 0.493 e. The first-order chi connectivity index (χ1) is 25.5. The van der Waals surface area contributed by atoms with E-state index in [2.05, 4.69) is 37.9 Å². The molecule has 1 heterocycles. The number of fused-ring (bicyclic) bond motifs is 8. The third-order valence-electron chi connectivity index (χ3n) is 9.94. The number of rotatable bonds is 11. The summed E-state index contributed by atoms with van der Waals surface area (Å²) in [4.78, 5) is 24.6. The molecule has 5 aromatic rings. The Kier molecular flexibility index (Phi) is 9.22. The highest BCUT2D eigenvalue weighted by Crippen LogP contribution is 2.59. The Morgan fingerprint density at radius 3 is 2.23 bits per heavy atom. The van der Waals surface area contributed by atoms with Crippen molar-refractivity contribution in [2.45, 2.75) is 31.8 Å². The van der Waals surface area contributed by atoms with Gasteiger partial charge in [-0.05, 0) is 77.0 Å². The first kappa shape index (κ1) is 35.3. The van der Waals surface area contributed by atoms with Gasteiger partial charge in [-0.15, -0.1) is 0 Å². The van der Waals surface area contributed by atoms with Crippen LogP contribution >= 0.6 is 0 Å². The summed E-state index contributed by atoms with van der Waals surface area (Å²) in [6.07, 6.45) is 3.59. The summed E-state index contributed by atoms with van der Waals surface area (Å²) in [5.41, 5.74) is 6.01. The van der Waals surface area contributed by atoms with Gasteiger partial charge in [-0.25, -0.2) is 9.59 Å². The third-order valence-corrected chi connectivity index (χ3v) is 9.94. The summed E-state index contributed by atoms with van der Waals surface area (Å²) in [6, 6.07) is 26.5. The summed E-state index contributed by atoms with van der Waals surface area (Å²) in [5, 5.41) is 14.3. The number of hydrogen-bond acceptors (Lipinski definition) is 7. The fraction of sp³-hybridized carbons (Fsp3) is 0.227. The van der Waals surface area contributed by atoms with Gasteiger partial charge >= 0.3 is 12.1 Å². The van der Waals surface area contributed by atoms with Crippen LogP contribution in [-0.2, 0) is 15.8 Å². The van der Waals surface area contributed by atoms with Crippen LogP contribution in [0.2, 0.25) is 0 Å². The lowest BCUT2D eigenvalue weighted by Crippen LogP contribution is -2.35. The van der Waals surface area contributed by atoms with E-state index in [0.29, 0.717) is 42.8 Å². The SMILES string of the molecule is C=C(C)COCCNC(=O)Oc1ccc(C2(c3ccccc3)C=Cc3c4c(c5cc(OC)c(OC)cc5c3O2)-c2ccc(C(=O)O)cc2C4(C)C)cc1. The monoisotopic (exact) mass is 711 g/mol. The molecule has 0 saturated heterocycles. The van der Waals surface area contributed by atoms with Crippen molar-refractivity contribution in [3.8, 4) is 34.1 Å². The molecule has 0 saturated carbocycles. The number of carbonyl (C=O) groups excluding carboxylic acids is 1. The van der Waals surface area contributed by atoms with E-state index in [4.69, 9.17) is 23.7 Å². The van der Waals surface area contributed by atoms with E-state index in [0.717, 1.165) is 55.3 Å². The maximum absolute atomic E-state index is 12.5. The minimum atomic E-state index is -1.07. The van der Waals surface area contributed by atoms with Crippen molar-refractivity contribution in [3.63, 3.8) is 0 Å². The number of carboxylic acid groups (broad SMARTS) is 1. The highest BCUT2D eigenvalue weighted by Gasteiger charge is 2.44. The first-order valence-corrected chi connectivity index (χ1v) is 17.3. The van der Waals surface area contributed by atoms with E-state index in [1.807, 2.05) is 67.6 Å². The Morgan fingerprint density at radius 2 is 1.57 bits per heavy atom. The number of ether oxygens (including phenoxy) is 5. The fourth-order valence-electron chi connectivity index (χ4n) is 7.49. The minimum absolute atomic E-state index is 0.231. The van der Waals surface area contributed by atoms with Crippen molar-refractivity contribution < 1.29 is 38.4 Å². The molecule has 9 heteroatoms. The lowest BCUT2D eigenvalue weighted by atomic mass is 9.76. The standard InChI is InChI=1S/C44H41NO8/c1-26(2)25-51-21-20-45-42(48)52-30-15-13-29(14-16-30)44(28-10-8-7-9-11-28)19-18-32-39-38(31-17-12-27(41(46)47)22-35(31)43(39,3)4)33-23-36(49-5)37(50-6)24-34(33)40(32)53-44/h7-19,22-24H,1,20-21,25H2,2-6H3,(H,45,48)(H,46,47). The van der Waals surface area contributed by atoms with Crippen LogP contribution in [-0.4, -0.2) is 51.1 Å². The number of aromatic carboxylic acids is 1. The van der Waals surface area contributed by atoms with Crippen LogP contribution in [0.3, 0.4) is 0 Å². The third kappa shape index (κ3) is 6.17. The van der Waals surface area contributed by atoms with Gasteiger partial charge in [0.25, 0.3) is 0 Å². The summed E-state index contributed by atoms with van der Waals surface area (Å²) < 4.78 is 30.0. The molecule has 9 nitrogen and oxygen atoms in total. The molecular weight excluding hydrogens is 670 g/mol. The average molecular weight is 712 g/mol. The predicted octanol–water partition coefficient (Wildman–Crippen LogP) is 8.89. The molecule has 1 aliphatic carbocycles. The first-order valence-electron chi connectivity index (χ1n) is 17.3. The van der Waals surface area contributed by atoms with E-state index in [1.54, 1.807) is 38.5 Å². The lowest BCUT2D eigenvalue weighted by Gasteiger charge is -2.38. The number of carboxylic acids is 1. The van der Waals surface area contributed by atoms with Gasteiger partial charge in [0.15, 0.2) is 17.1 Å². The zero-order chi connectivity index (χ0) is 37.5. The van der Waals surface area contributed by atoms with Crippen LogP contribution in [0, 0.1) is 0 Å². The predicted molar refractivity (Wildman–Crippen MR) is 205 cm³/mol. The van der Waals surface area contributed by atoms with E-state index in [9.17, 15) is 14.7 Å². The summed E-state index contributed by atoms with van der Waals surface area (Å²) in [6.45, 7) is 11.0. The van der Waals surface area contributed by atoms with E-state index in [-0.39, 0.29) is 5.56 Å². The van der Waals surface area contributed by atoms with Gasteiger partial charge < -0.3 is 34.1 Å². The van der Waals surface area contributed by atoms with Crippen LogP contribution in [0.15, 0.2) is 103 Å². The van der Waals surface area contributed by atoms with Crippen molar-refractivity contribution in [1.29, 1.82) is 0 Å². The molecule has 270 valence electrons. The van der Waals surface area contributed by atoms with Crippen LogP contribution in [0.25, 0.3) is 28.0 Å². The van der Waals surface area contributed by atoms with E-state index >= 15 is 0 Å². The van der Waals surface area contributed by atoms with Gasteiger partial charge in [-0.1, -0.05) is 80.6 Å². The molecular formula is C44H41NO8. The molecule has 2 N–H and O–H groups in total. The van der Waals surface area contributed by atoms with Gasteiger partial charge in [0.2, 0.25) is 0 Å². The summed E-state index contributed by atoms with van der Waals surface area (Å²) >= 11 is 0. The van der Waals surface area contributed by atoms with Crippen LogP contribution < -0.4 is 24.3 Å². The second-order valence-electron chi connectivity index (χ2n) is 13.8. The molecule has 5 aromatic carbocycles. The molecule has 0 spiro atoms. The van der Waals surface area contributed by atoms with Gasteiger partial charge in [0.05, 0.1) is 33.0 Å². The summed E-state index contributed by atoms with van der Waals surface area (Å²) in [7, 11) is 3.21. The van der Waals surface area contributed by atoms with Gasteiger partial charge in [0, 0.05) is 34.0 Å². The van der Waals surface area contributed by atoms with Crippen molar-refractivity contribution in [1.82, 2.24) is 5.32 Å². The van der Waals surface area contributed by atoms with Gasteiger partial charge in [-0.2, -0.15) is 0 Å². The molecule has 53 heavy (non-hydrogen) atoms. The number of benzene rings is 5. The Balaban J connectivity index is 1.35. The van der Waals surface area contributed by atoms with E-state index in [1.165, 1.54) is 0 Å². The smallest absolute Gasteiger partial charge is 0.412 e. The quantitative estimate of drug-likeness (QED) is 0.103. The minimum Gasteiger partial charge on any atom is -0.493 e. The second kappa shape index (κ2) is 13.8. The number of amides is 1. The molecule has 0 bridgehead atoms. The molecule has 1 atom stereocenters. The molecule has 0 fully saturated rings. The maximum Gasteiger partial charge on any atom is 0.412 e. The number of nitrogens with one attached hydrogen (secondary N) is 1. The molecule has 1 amide bonds. The van der Waals surface area contributed by atoms with Crippen LogP contribution in [0.1, 0.15) is 58.9 Å². The molecule has 1 aliphatic heterocycles. The molecule has 1 unspecified atom stereocenters.